The number of hydrogen-bond donors (Lipinski definition) is 1. The third kappa shape index (κ3) is 2.26. The van der Waals surface area contributed by atoms with Crippen LogP contribution in [0, 0.1) is 5.41 Å². The van der Waals surface area contributed by atoms with Crippen molar-refractivity contribution in [1.29, 1.82) is 5.41 Å². The average molecular weight is 176 g/mol. The standard InChI is InChI=1S/C6H10BrN/c1-3-6(7)5(2)4-8/h4,8H,3H2,1-2H3/b6-5+,8-4?. The minimum absolute atomic E-state index is 0.973. The summed E-state index contributed by atoms with van der Waals surface area (Å²) >= 11 is 3.33. The van der Waals surface area contributed by atoms with Crippen molar-refractivity contribution in [1.82, 2.24) is 0 Å². The molecule has 0 aliphatic rings. The Morgan fingerprint density at radius 2 is 2.25 bits per heavy atom. The summed E-state index contributed by atoms with van der Waals surface area (Å²) < 4.78 is 1.12. The van der Waals surface area contributed by atoms with Crippen molar-refractivity contribution in [2.24, 2.45) is 0 Å². The SMILES string of the molecule is CC/C(Br)=C(/C)C=N. The van der Waals surface area contributed by atoms with E-state index in [9.17, 15) is 0 Å². The molecule has 0 atom stereocenters. The Balaban J connectivity index is 4.03. The average Bonchev–Trinajstić information content (AvgIpc) is 1.84. The molecule has 0 spiro atoms. The van der Waals surface area contributed by atoms with E-state index < -0.39 is 0 Å². The maximum atomic E-state index is 6.83. The third-order valence-corrected chi connectivity index (χ3v) is 2.14. The second-order valence-electron chi connectivity index (χ2n) is 1.59. The molecule has 46 valence electrons. The lowest BCUT2D eigenvalue weighted by molar-refractivity contribution is 1.19. The van der Waals surface area contributed by atoms with Gasteiger partial charge in [-0.2, -0.15) is 0 Å². The summed E-state index contributed by atoms with van der Waals surface area (Å²) in [5.41, 5.74) is 1.01. The molecule has 1 nitrogen and oxygen atoms in total. The fourth-order valence-corrected chi connectivity index (χ4v) is 0.472. The van der Waals surface area contributed by atoms with Crippen molar-refractivity contribution in [2.75, 3.05) is 0 Å². The first-order valence-electron chi connectivity index (χ1n) is 2.58. The van der Waals surface area contributed by atoms with Crippen molar-refractivity contribution in [2.45, 2.75) is 20.3 Å². The fourth-order valence-electron chi connectivity index (χ4n) is 0.357. The molecule has 2 heteroatoms. The van der Waals surface area contributed by atoms with Crippen LogP contribution in [0.5, 0.6) is 0 Å². The van der Waals surface area contributed by atoms with Gasteiger partial charge in [-0.25, -0.2) is 0 Å². The summed E-state index contributed by atoms with van der Waals surface area (Å²) in [6.07, 6.45) is 2.33. The smallest absolute Gasteiger partial charge is 0.0214 e. The van der Waals surface area contributed by atoms with Crippen LogP contribution in [0.25, 0.3) is 0 Å². The van der Waals surface area contributed by atoms with Gasteiger partial charge in [0.05, 0.1) is 0 Å². The van der Waals surface area contributed by atoms with Gasteiger partial charge in [-0.05, 0) is 23.4 Å². The Hall–Kier alpha value is -0.110. The lowest BCUT2D eigenvalue weighted by Crippen LogP contribution is -1.78. The van der Waals surface area contributed by atoms with Crippen LogP contribution in [-0.4, -0.2) is 6.21 Å². The molecule has 0 radical (unpaired) electrons. The summed E-state index contributed by atoms with van der Waals surface area (Å²) in [6, 6.07) is 0. The summed E-state index contributed by atoms with van der Waals surface area (Å²) in [5.74, 6) is 0. The largest absolute Gasteiger partial charge is 0.308 e. The molecule has 0 saturated heterocycles. The fraction of sp³-hybridized carbons (Fsp3) is 0.500. The van der Waals surface area contributed by atoms with E-state index in [0.29, 0.717) is 0 Å². The molecular formula is C6H10BrN. The van der Waals surface area contributed by atoms with Crippen molar-refractivity contribution in [3.8, 4) is 0 Å². The van der Waals surface area contributed by atoms with Gasteiger partial charge in [0.15, 0.2) is 0 Å². The van der Waals surface area contributed by atoms with Crippen LogP contribution in [0.15, 0.2) is 10.1 Å². The molecule has 0 heterocycles. The monoisotopic (exact) mass is 175 g/mol. The van der Waals surface area contributed by atoms with Gasteiger partial charge >= 0.3 is 0 Å². The lowest BCUT2D eigenvalue weighted by atomic mass is 10.3. The van der Waals surface area contributed by atoms with Crippen LogP contribution in [0.1, 0.15) is 20.3 Å². The molecule has 1 N–H and O–H groups in total. The van der Waals surface area contributed by atoms with Gasteiger partial charge in [0, 0.05) is 6.21 Å². The van der Waals surface area contributed by atoms with Gasteiger partial charge in [0.2, 0.25) is 0 Å². The van der Waals surface area contributed by atoms with Crippen LogP contribution in [-0.2, 0) is 0 Å². The quantitative estimate of drug-likeness (QED) is 0.625. The first-order valence-corrected chi connectivity index (χ1v) is 3.37. The maximum absolute atomic E-state index is 6.83. The second kappa shape index (κ2) is 3.84. The van der Waals surface area contributed by atoms with Crippen molar-refractivity contribution >= 4 is 22.1 Å². The van der Waals surface area contributed by atoms with Crippen LogP contribution in [0.4, 0.5) is 0 Å². The van der Waals surface area contributed by atoms with Crippen molar-refractivity contribution in [3.05, 3.63) is 10.1 Å². The Labute approximate surface area is 58.4 Å². The minimum atomic E-state index is 0.973. The molecule has 0 unspecified atom stereocenters. The van der Waals surface area contributed by atoms with E-state index in [1.807, 2.05) is 6.92 Å². The number of hydrogen-bond acceptors (Lipinski definition) is 1. The molecule has 0 aliphatic carbocycles. The molecular weight excluding hydrogens is 166 g/mol. The van der Waals surface area contributed by atoms with Gasteiger partial charge < -0.3 is 5.41 Å². The zero-order chi connectivity index (χ0) is 6.57. The molecule has 0 fully saturated rings. The highest BCUT2D eigenvalue weighted by molar-refractivity contribution is 9.11. The lowest BCUT2D eigenvalue weighted by Gasteiger charge is -1.92. The number of nitrogens with one attached hydrogen (secondary N) is 1. The highest BCUT2D eigenvalue weighted by Crippen LogP contribution is 2.12. The van der Waals surface area contributed by atoms with E-state index in [-0.39, 0.29) is 0 Å². The highest BCUT2D eigenvalue weighted by Gasteiger charge is 1.89. The normalized spacial score (nSPS) is 12.9. The van der Waals surface area contributed by atoms with E-state index in [1.54, 1.807) is 0 Å². The first-order chi connectivity index (χ1) is 3.72. The topological polar surface area (TPSA) is 23.9 Å². The zero-order valence-corrected chi connectivity index (χ0v) is 6.75. The molecule has 8 heavy (non-hydrogen) atoms. The number of rotatable bonds is 2. The summed E-state index contributed by atoms with van der Waals surface area (Å²) in [7, 11) is 0. The molecule has 0 aromatic carbocycles. The molecule has 0 rings (SSSR count). The van der Waals surface area contributed by atoms with Gasteiger partial charge in [0.25, 0.3) is 0 Å². The van der Waals surface area contributed by atoms with E-state index in [1.165, 1.54) is 6.21 Å². The third-order valence-electron chi connectivity index (χ3n) is 0.955. The van der Waals surface area contributed by atoms with Crippen LogP contribution >= 0.6 is 15.9 Å². The summed E-state index contributed by atoms with van der Waals surface area (Å²) in [6.45, 7) is 3.97. The minimum Gasteiger partial charge on any atom is -0.308 e. The summed E-state index contributed by atoms with van der Waals surface area (Å²) in [4.78, 5) is 0. The number of halogens is 1. The van der Waals surface area contributed by atoms with E-state index in [4.69, 9.17) is 5.41 Å². The predicted molar refractivity (Wildman–Crippen MR) is 40.7 cm³/mol. The second-order valence-corrected chi connectivity index (χ2v) is 2.54. The van der Waals surface area contributed by atoms with E-state index in [0.717, 1.165) is 16.5 Å². The zero-order valence-electron chi connectivity index (χ0n) is 5.16. The molecule has 0 aromatic rings. The maximum Gasteiger partial charge on any atom is 0.0214 e. The van der Waals surface area contributed by atoms with Gasteiger partial charge in [-0.1, -0.05) is 22.9 Å². The van der Waals surface area contributed by atoms with Gasteiger partial charge in [-0.15, -0.1) is 0 Å². The van der Waals surface area contributed by atoms with Crippen molar-refractivity contribution < 1.29 is 0 Å². The highest BCUT2D eigenvalue weighted by atomic mass is 79.9. The van der Waals surface area contributed by atoms with Crippen molar-refractivity contribution in [3.63, 3.8) is 0 Å². The Morgan fingerprint density at radius 3 is 2.38 bits per heavy atom. The first kappa shape index (κ1) is 7.89. The van der Waals surface area contributed by atoms with Crippen LogP contribution in [0.3, 0.4) is 0 Å². The molecule has 0 aromatic heterocycles. The molecule has 0 aliphatic heterocycles. The predicted octanol–water partition coefficient (Wildman–Crippen LogP) is 2.71. The molecule has 0 saturated carbocycles. The summed E-state index contributed by atoms with van der Waals surface area (Å²) in [5, 5.41) is 6.83. The van der Waals surface area contributed by atoms with E-state index >= 15 is 0 Å². The van der Waals surface area contributed by atoms with Crippen LogP contribution < -0.4 is 0 Å². The number of allylic oxidation sites excluding steroid dienone is 2. The van der Waals surface area contributed by atoms with E-state index in [2.05, 4.69) is 22.9 Å². The Bertz CT molecular complexity index is 116. The molecule has 0 bridgehead atoms. The Morgan fingerprint density at radius 1 is 1.75 bits per heavy atom. The van der Waals surface area contributed by atoms with Crippen LogP contribution in [0.2, 0.25) is 0 Å². The Kier molecular flexibility index (Phi) is 3.79. The van der Waals surface area contributed by atoms with Gasteiger partial charge in [0.1, 0.15) is 0 Å². The van der Waals surface area contributed by atoms with Gasteiger partial charge in [-0.3, -0.25) is 0 Å². The molecule has 0 amide bonds.